The predicted octanol–water partition coefficient (Wildman–Crippen LogP) is 2.46. The summed E-state index contributed by atoms with van der Waals surface area (Å²) < 4.78 is 0. The molecule has 96 valence electrons. The molecule has 0 fully saturated rings. The van der Waals surface area contributed by atoms with E-state index in [-0.39, 0.29) is 11.5 Å². The number of rotatable bonds is 3. The third-order valence-electron chi connectivity index (χ3n) is 3.22. The van der Waals surface area contributed by atoms with E-state index in [1.165, 1.54) is 0 Å². The molecule has 0 aromatic heterocycles. The van der Waals surface area contributed by atoms with Crippen LogP contribution < -0.4 is 4.90 Å². The van der Waals surface area contributed by atoms with Gasteiger partial charge in [0, 0.05) is 18.7 Å². The second-order valence-corrected chi connectivity index (χ2v) is 4.55. The monoisotopic (exact) mass is 247 g/mol. The highest BCUT2D eigenvalue weighted by Crippen LogP contribution is 2.29. The van der Waals surface area contributed by atoms with Gasteiger partial charge in [-0.2, -0.15) is 0 Å². The summed E-state index contributed by atoms with van der Waals surface area (Å²) in [6, 6.07) is 5.05. The number of amides is 1. The fraction of sp³-hybridized carbons (Fsp3) is 0.429. The lowest BCUT2D eigenvalue weighted by Crippen LogP contribution is -2.35. The number of anilines is 1. The van der Waals surface area contributed by atoms with Gasteiger partial charge in [0.15, 0.2) is 0 Å². The van der Waals surface area contributed by atoms with Crippen molar-refractivity contribution in [1.82, 2.24) is 0 Å². The van der Waals surface area contributed by atoms with E-state index in [0.29, 0.717) is 13.0 Å². The van der Waals surface area contributed by atoms with E-state index >= 15 is 0 Å². The number of aromatic carboxylic acids is 1. The van der Waals surface area contributed by atoms with Crippen LogP contribution in [0.3, 0.4) is 0 Å². The summed E-state index contributed by atoms with van der Waals surface area (Å²) in [6.45, 7) is 2.66. The number of carbonyl (C=O) groups is 2. The summed E-state index contributed by atoms with van der Waals surface area (Å²) >= 11 is 0. The Morgan fingerprint density at radius 2 is 2.17 bits per heavy atom. The Morgan fingerprint density at radius 3 is 2.83 bits per heavy atom. The Balaban J connectivity index is 2.37. The van der Waals surface area contributed by atoms with Gasteiger partial charge in [-0.05, 0) is 37.0 Å². The van der Waals surface area contributed by atoms with E-state index in [2.05, 4.69) is 0 Å². The van der Waals surface area contributed by atoms with Gasteiger partial charge in [0.2, 0.25) is 5.91 Å². The highest BCUT2D eigenvalue weighted by Gasteiger charge is 2.22. The first-order chi connectivity index (χ1) is 8.63. The maximum atomic E-state index is 12.0. The molecule has 1 aliphatic heterocycles. The number of hydrogen-bond acceptors (Lipinski definition) is 2. The first kappa shape index (κ1) is 12.6. The maximum absolute atomic E-state index is 12.0. The van der Waals surface area contributed by atoms with Crippen molar-refractivity contribution < 1.29 is 14.7 Å². The molecule has 0 unspecified atom stereocenters. The topological polar surface area (TPSA) is 57.6 Å². The van der Waals surface area contributed by atoms with Crippen molar-refractivity contribution in [2.75, 3.05) is 11.4 Å². The average Bonchev–Trinajstić information content (AvgIpc) is 2.37. The summed E-state index contributed by atoms with van der Waals surface area (Å²) in [6.07, 6.45) is 3.17. The zero-order valence-corrected chi connectivity index (χ0v) is 10.5. The summed E-state index contributed by atoms with van der Waals surface area (Å²) in [5.74, 6) is -0.868. The van der Waals surface area contributed by atoms with Gasteiger partial charge in [-0.1, -0.05) is 13.0 Å². The normalized spacial score (nSPS) is 14.2. The number of carbonyl (C=O) groups excluding carboxylic acids is 1. The van der Waals surface area contributed by atoms with Crippen LogP contribution in [-0.2, 0) is 11.2 Å². The van der Waals surface area contributed by atoms with Crippen molar-refractivity contribution in [3.8, 4) is 0 Å². The van der Waals surface area contributed by atoms with Crippen LogP contribution in [-0.4, -0.2) is 23.5 Å². The van der Waals surface area contributed by atoms with Crippen LogP contribution in [0.4, 0.5) is 5.69 Å². The second-order valence-electron chi connectivity index (χ2n) is 4.55. The van der Waals surface area contributed by atoms with Crippen LogP contribution in [0.1, 0.15) is 42.1 Å². The number of nitrogens with zero attached hydrogens (tertiary/aromatic N) is 1. The van der Waals surface area contributed by atoms with Crippen LogP contribution in [0.2, 0.25) is 0 Å². The smallest absolute Gasteiger partial charge is 0.335 e. The largest absolute Gasteiger partial charge is 0.478 e. The minimum absolute atomic E-state index is 0.0842. The Kier molecular flexibility index (Phi) is 3.65. The van der Waals surface area contributed by atoms with Gasteiger partial charge in [-0.25, -0.2) is 4.79 Å². The second kappa shape index (κ2) is 5.21. The first-order valence-corrected chi connectivity index (χ1v) is 6.30. The van der Waals surface area contributed by atoms with E-state index in [9.17, 15) is 9.59 Å². The molecule has 0 atom stereocenters. The number of aryl methyl sites for hydroxylation is 1. The fourth-order valence-corrected chi connectivity index (χ4v) is 2.32. The quantitative estimate of drug-likeness (QED) is 0.892. The van der Waals surface area contributed by atoms with Gasteiger partial charge >= 0.3 is 5.97 Å². The van der Waals surface area contributed by atoms with Gasteiger partial charge in [-0.15, -0.1) is 0 Å². The van der Waals surface area contributed by atoms with Crippen LogP contribution in [0.15, 0.2) is 18.2 Å². The van der Waals surface area contributed by atoms with E-state index in [1.54, 1.807) is 17.0 Å². The summed E-state index contributed by atoms with van der Waals surface area (Å²) in [7, 11) is 0. The molecule has 1 N–H and O–H groups in total. The lowest BCUT2D eigenvalue weighted by molar-refractivity contribution is -0.118. The zero-order chi connectivity index (χ0) is 13.1. The molecule has 0 aliphatic carbocycles. The molecule has 4 nitrogen and oxygen atoms in total. The first-order valence-electron chi connectivity index (χ1n) is 6.30. The van der Waals surface area contributed by atoms with Gasteiger partial charge in [0.1, 0.15) is 0 Å². The molecule has 1 aliphatic rings. The highest BCUT2D eigenvalue weighted by atomic mass is 16.4. The average molecular weight is 247 g/mol. The molecule has 1 amide bonds. The van der Waals surface area contributed by atoms with Crippen LogP contribution in [0.25, 0.3) is 0 Å². The minimum atomic E-state index is -0.953. The number of carboxylic acids is 1. The molecule has 0 spiro atoms. The number of fused-ring (bicyclic) bond motifs is 1. The summed E-state index contributed by atoms with van der Waals surface area (Å²) in [4.78, 5) is 24.7. The van der Waals surface area contributed by atoms with Crippen LogP contribution in [0.5, 0.6) is 0 Å². The van der Waals surface area contributed by atoms with Crippen molar-refractivity contribution in [1.29, 1.82) is 0 Å². The lowest BCUT2D eigenvalue weighted by Gasteiger charge is -2.29. The van der Waals surface area contributed by atoms with Crippen LogP contribution >= 0.6 is 0 Å². The van der Waals surface area contributed by atoms with Crippen molar-refractivity contribution in [2.24, 2.45) is 0 Å². The van der Waals surface area contributed by atoms with Crippen molar-refractivity contribution in [3.63, 3.8) is 0 Å². The van der Waals surface area contributed by atoms with Crippen molar-refractivity contribution in [2.45, 2.75) is 32.6 Å². The minimum Gasteiger partial charge on any atom is -0.478 e. The van der Waals surface area contributed by atoms with E-state index in [1.807, 2.05) is 13.0 Å². The zero-order valence-electron chi connectivity index (χ0n) is 10.5. The van der Waals surface area contributed by atoms with E-state index < -0.39 is 5.97 Å². The Hall–Kier alpha value is -1.84. The summed E-state index contributed by atoms with van der Waals surface area (Å²) in [5.41, 5.74) is 2.08. The van der Waals surface area contributed by atoms with E-state index in [4.69, 9.17) is 5.11 Å². The Labute approximate surface area is 106 Å². The standard InChI is InChI=1S/C14H17NO3/c1-2-4-13(16)15-8-3-5-10-6-7-11(14(17)18)9-12(10)15/h6-7,9H,2-5,8H2,1H3,(H,17,18). The molecule has 1 aromatic rings. The number of carboxylic acid groups (broad SMARTS) is 1. The van der Waals surface area contributed by atoms with Crippen molar-refractivity contribution in [3.05, 3.63) is 29.3 Å². The molecule has 4 heteroatoms. The molecule has 2 rings (SSSR count). The lowest BCUT2D eigenvalue weighted by atomic mass is 9.99. The molecule has 18 heavy (non-hydrogen) atoms. The highest BCUT2D eigenvalue weighted by molar-refractivity contribution is 5.97. The molecular weight excluding hydrogens is 230 g/mol. The molecule has 0 radical (unpaired) electrons. The molecule has 1 heterocycles. The predicted molar refractivity (Wildman–Crippen MR) is 69.0 cm³/mol. The van der Waals surface area contributed by atoms with Gasteiger partial charge in [0.05, 0.1) is 5.56 Å². The van der Waals surface area contributed by atoms with Gasteiger partial charge in [0.25, 0.3) is 0 Å². The Bertz CT molecular complexity index is 482. The van der Waals surface area contributed by atoms with Crippen LogP contribution in [0, 0.1) is 0 Å². The molecule has 0 saturated heterocycles. The van der Waals surface area contributed by atoms with Gasteiger partial charge < -0.3 is 10.0 Å². The number of benzene rings is 1. The van der Waals surface area contributed by atoms with Crippen molar-refractivity contribution >= 4 is 17.6 Å². The Morgan fingerprint density at radius 1 is 1.39 bits per heavy atom. The maximum Gasteiger partial charge on any atom is 0.335 e. The molecule has 1 aromatic carbocycles. The number of hydrogen-bond donors (Lipinski definition) is 1. The third-order valence-corrected chi connectivity index (χ3v) is 3.22. The molecule has 0 saturated carbocycles. The van der Waals surface area contributed by atoms with E-state index in [0.717, 1.165) is 30.5 Å². The third kappa shape index (κ3) is 2.37. The summed E-state index contributed by atoms with van der Waals surface area (Å²) in [5, 5.41) is 9.01. The fourth-order valence-electron chi connectivity index (χ4n) is 2.32. The molecular formula is C14H17NO3. The van der Waals surface area contributed by atoms with Gasteiger partial charge in [-0.3, -0.25) is 4.79 Å². The SMILES string of the molecule is CCCC(=O)N1CCCc2ccc(C(=O)O)cc21. The molecule has 0 bridgehead atoms.